The van der Waals surface area contributed by atoms with Crippen LogP contribution in [0.5, 0.6) is 0 Å². The van der Waals surface area contributed by atoms with Crippen LogP contribution >= 0.6 is 0 Å². The van der Waals surface area contributed by atoms with E-state index in [-0.39, 0.29) is 5.54 Å². The van der Waals surface area contributed by atoms with Crippen LogP contribution in [-0.4, -0.2) is 50.9 Å². The number of amides is 1. The van der Waals surface area contributed by atoms with Gasteiger partial charge in [0.1, 0.15) is 0 Å². The van der Waals surface area contributed by atoms with Gasteiger partial charge in [0, 0.05) is 56.7 Å². The van der Waals surface area contributed by atoms with E-state index in [1.54, 1.807) is 6.20 Å². The minimum Gasteiger partial charge on any atom is -0.340 e. The van der Waals surface area contributed by atoms with Gasteiger partial charge in [0.25, 0.3) is 0 Å². The van der Waals surface area contributed by atoms with Crippen molar-refractivity contribution < 1.29 is 4.79 Å². The zero-order valence-corrected chi connectivity index (χ0v) is 14.2. The zero-order chi connectivity index (χ0) is 16.6. The Bertz CT molecular complexity index is 716. The van der Waals surface area contributed by atoms with Crippen LogP contribution in [0.4, 0.5) is 0 Å². The number of nitrogens with zero attached hydrogens (tertiary/aromatic N) is 4. The molecule has 0 atom stereocenters. The molecule has 1 spiro atoms. The van der Waals surface area contributed by atoms with Gasteiger partial charge in [0.15, 0.2) is 0 Å². The molecule has 1 amide bonds. The van der Waals surface area contributed by atoms with Crippen molar-refractivity contribution in [2.75, 3.05) is 20.1 Å². The lowest BCUT2D eigenvalue weighted by atomic mass is 9.85. The third-order valence-corrected chi connectivity index (χ3v) is 5.82. The summed E-state index contributed by atoms with van der Waals surface area (Å²) in [6.07, 6.45) is 9.72. The molecule has 2 aromatic heterocycles. The zero-order valence-electron chi connectivity index (χ0n) is 14.2. The van der Waals surface area contributed by atoms with Crippen molar-refractivity contribution in [2.45, 2.75) is 37.8 Å². The summed E-state index contributed by atoms with van der Waals surface area (Å²) in [6, 6.07) is 8.33. The molecule has 5 nitrogen and oxygen atoms in total. The monoisotopic (exact) mass is 324 g/mol. The van der Waals surface area contributed by atoms with Gasteiger partial charge in [-0.25, -0.2) is 0 Å². The van der Waals surface area contributed by atoms with E-state index in [2.05, 4.69) is 38.8 Å². The van der Waals surface area contributed by atoms with Crippen molar-refractivity contribution >= 4 is 5.91 Å². The van der Waals surface area contributed by atoms with Crippen molar-refractivity contribution in [1.82, 2.24) is 19.4 Å². The van der Waals surface area contributed by atoms with Crippen LogP contribution in [0.15, 0.2) is 42.9 Å². The Morgan fingerprint density at radius 3 is 2.67 bits per heavy atom. The smallest absolute Gasteiger partial charge is 0.222 e. The van der Waals surface area contributed by atoms with Gasteiger partial charge in [0.05, 0.1) is 11.9 Å². The summed E-state index contributed by atoms with van der Waals surface area (Å²) < 4.78 is 2.21. The Hall–Kier alpha value is -2.14. The van der Waals surface area contributed by atoms with Crippen molar-refractivity contribution in [2.24, 2.45) is 0 Å². The molecule has 0 unspecified atom stereocenters. The summed E-state index contributed by atoms with van der Waals surface area (Å²) in [7, 11) is 1.98. The molecular formula is C19H24N4O. The van der Waals surface area contributed by atoms with Crippen LogP contribution in [0.25, 0.3) is 5.69 Å². The first-order valence-electron chi connectivity index (χ1n) is 8.74. The Morgan fingerprint density at radius 1 is 1.17 bits per heavy atom. The predicted molar refractivity (Wildman–Crippen MR) is 92.8 cm³/mol. The number of likely N-dealkylation sites (tertiary alicyclic amines) is 2. The fraction of sp³-hybridized carbons (Fsp3) is 0.474. The first-order chi connectivity index (χ1) is 11.7. The average Bonchev–Trinajstić information content (AvgIpc) is 3.19. The topological polar surface area (TPSA) is 41.4 Å². The molecule has 0 aromatic carbocycles. The molecule has 2 saturated heterocycles. The van der Waals surface area contributed by atoms with E-state index < -0.39 is 0 Å². The van der Waals surface area contributed by atoms with E-state index in [4.69, 9.17) is 0 Å². The van der Waals surface area contributed by atoms with Crippen LogP contribution in [0, 0.1) is 0 Å². The van der Waals surface area contributed by atoms with Crippen molar-refractivity contribution in [3.8, 4) is 5.69 Å². The Kier molecular flexibility index (Phi) is 3.88. The number of hydrogen-bond donors (Lipinski definition) is 0. The Balaban J connectivity index is 1.44. The quantitative estimate of drug-likeness (QED) is 0.871. The van der Waals surface area contributed by atoms with Gasteiger partial charge in [-0.1, -0.05) is 0 Å². The fourth-order valence-electron chi connectivity index (χ4n) is 4.17. The van der Waals surface area contributed by atoms with E-state index in [0.29, 0.717) is 5.91 Å². The van der Waals surface area contributed by atoms with Crippen LogP contribution in [0.2, 0.25) is 0 Å². The highest BCUT2D eigenvalue weighted by molar-refractivity contribution is 5.79. The van der Waals surface area contributed by atoms with E-state index in [1.807, 2.05) is 24.2 Å². The predicted octanol–water partition coefficient (Wildman–Crippen LogP) is 2.46. The Labute approximate surface area is 142 Å². The van der Waals surface area contributed by atoms with Gasteiger partial charge < -0.3 is 9.47 Å². The molecule has 4 rings (SSSR count). The van der Waals surface area contributed by atoms with E-state index in [1.165, 1.54) is 5.69 Å². The van der Waals surface area contributed by atoms with Crippen molar-refractivity contribution in [3.63, 3.8) is 0 Å². The summed E-state index contributed by atoms with van der Waals surface area (Å²) in [5, 5.41) is 0. The van der Waals surface area contributed by atoms with Crippen LogP contribution in [0.3, 0.4) is 0 Å². The number of carbonyl (C=O) groups is 1. The SMILES string of the molecule is CN1C(=O)CCC12CCN(Cc1cccn1-c1cccnc1)CC2. The third-order valence-electron chi connectivity index (χ3n) is 5.82. The molecule has 0 aliphatic carbocycles. The first kappa shape index (κ1) is 15.4. The summed E-state index contributed by atoms with van der Waals surface area (Å²) in [5.74, 6) is 0.314. The third kappa shape index (κ3) is 2.63. The largest absolute Gasteiger partial charge is 0.340 e. The highest BCUT2D eigenvalue weighted by Gasteiger charge is 2.44. The van der Waals surface area contributed by atoms with Crippen LogP contribution in [0.1, 0.15) is 31.4 Å². The molecule has 5 heteroatoms. The summed E-state index contributed by atoms with van der Waals surface area (Å²) in [6.45, 7) is 3.04. The maximum absolute atomic E-state index is 11.9. The van der Waals surface area contributed by atoms with Gasteiger partial charge in [-0.15, -0.1) is 0 Å². The highest BCUT2D eigenvalue weighted by atomic mass is 16.2. The molecule has 2 aliphatic heterocycles. The summed E-state index contributed by atoms with van der Waals surface area (Å²) in [4.78, 5) is 20.6. The molecule has 0 saturated carbocycles. The highest BCUT2D eigenvalue weighted by Crippen LogP contribution is 2.38. The van der Waals surface area contributed by atoms with E-state index >= 15 is 0 Å². The molecule has 2 aliphatic rings. The number of pyridine rings is 1. The second kappa shape index (κ2) is 6.06. The number of hydrogen-bond acceptors (Lipinski definition) is 3. The summed E-state index contributed by atoms with van der Waals surface area (Å²) >= 11 is 0. The average molecular weight is 324 g/mol. The van der Waals surface area contributed by atoms with Gasteiger partial charge in [-0.3, -0.25) is 14.7 Å². The molecule has 4 heterocycles. The number of carbonyl (C=O) groups excluding carboxylic acids is 1. The molecule has 0 N–H and O–H groups in total. The summed E-state index contributed by atoms with van der Waals surface area (Å²) in [5.41, 5.74) is 2.51. The minimum atomic E-state index is 0.124. The van der Waals surface area contributed by atoms with E-state index in [9.17, 15) is 4.79 Å². The molecule has 0 bridgehead atoms. The van der Waals surface area contributed by atoms with E-state index in [0.717, 1.165) is 51.0 Å². The number of aromatic nitrogens is 2. The standard InChI is InChI=1S/C19H24N4O/c1-21-18(24)6-7-19(21)8-12-22(13-9-19)15-17-5-3-11-23(17)16-4-2-10-20-14-16/h2-5,10-11,14H,6-9,12-13,15H2,1H3. The molecular weight excluding hydrogens is 300 g/mol. The molecule has 2 aromatic rings. The molecule has 24 heavy (non-hydrogen) atoms. The van der Waals surface area contributed by atoms with Crippen LogP contribution in [-0.2, 0) is 11.3 Å². The maximum Gasteiger partial charge on any atom is 0.222 e. The van der Waals surface area contributed by atoms with Gasteiger partial charge in [-0.2, -0.15) is 0 Å². The lowest BCUT2D eigenvalue weighted by Crippen LogP contribution is -2.51. The lowest BCUT2D eigenvalue weighted by molar-refractivity contribution is -0.130. The second-order valence-electron chi connectivity index (χ2n) is 7.03. The minimum absolute atomic E-state index is 0.124. The molecule has 0 radical (unpaired) electrons. The number of piperidine rings is 1. The Morgan fingerprint density at radius 2 is 2.00 bits per heavy atom. The van der Waals surface area contributed by atoms with Gasteiger partial charge >= 0.3 is 0 Å². The first-order valence-corrected chi connectivity index (χ1v) is 8.74. The van der Waals surface area contributed by atoms with Gasteiger partial charge in [-0.05, 0) is 43.5 Å². The van der Waals surface area contributed by atoms with Crippen molar-refractivity contribution in [3.05, 3.63) is 48.5 Å². The normalized spacial score (nSPS) is 20.9. The van der Waals surface area contributed by atoms with Crippen LogP contribution < -0.4 is 0 Å². The van der Waals surface area contributed by atoms with Crippen molar-refractivity contribution in [1.29, 1.82) is 0 Å². The number of rotatable bonds is 3. The molecule has 2 fully saturated rings. The molecule has 126 valence electrons. The van der Waals surface area contributed by atoms with Gasteiger partial charge in [0.2, 0.25) is 5.91 Å². The fourth-order valence-corrected chi connectivity index (χ4v) is 4.17. The second-order valence-corrected chi connectivity index (χ2v) is 7.03. The maximum atomic E-state index is 11.9. The lowest BCUT2D eigenvalue weighted by Gasteiger charge is -2.43.